The van der Waals surface area contributed by atoms with Gasteiger partial charge in [-0.2, -0.15) is 0 Å². The number of carboxylic acids is 1. The van der Waals surface area contributed by atoms with Crippen LogP contribution in [0.4, 0.5) is 5.69 Å². The Morgan fingerprint density at radius 2 is 2.07 bits per heavy atom. The summed E-state index contributed by atoms with van der Waals surface area (Å²) in [5.74, 6) is -1.07. The van der Waals surface area contributed by atoms with E-state index in [0.717, 1.165) is 5.69 Å². The van der Waals surface area contributed by atoms with E-state index in [9.17, 15) is 4.79 Å². The second-order valence-corrected chi connectivity index (χ2v) is 3.90. The SMILES string of the molecule is CC(CCNc1ccc(Cl)cc1)C(=O)O. The Kier molecular flexibility index (Phi) is 4.43. The highest BCUT2D eigenvalue weighted by Crippen LogP contribution is 2.13. The number of carboxylic acid groups (broad SMARTS) is 1. The van der Waals surface area contributed by atoms with E-state index in [1.165, 1.54) is 0 Å². The lowest BCUT2D eigenvalue weighted by molar-refractivity contribution is -0.141. The van der Waals surface area contributed by atoms with Gasteiger partial charge in [-0.1, -0.05) is 18.5 Å². The minimum Gasteiger partial charge on any atom is -0.481 e. The van der Waals surface area contributed by atoms with Crippen molar-refractivity contribution < 1.29 is 9.90 Å². The Labute approximate surface area is 94.1 Å². The molecule has 0 aliphatic rings. The zero-order chi connectivity index (χ0) is 11.3. The van der Waals surface area contributed by atoms with Gasteiger partial charge in [0.25, 0.3) is 0 Å². The van der Waals surface area contributed by atoms with E-state index in [4.69, 9.17) is 16.7 Å². The monoisotopic (exact) mass is 227 g/mol. The van der Waals surface area contributed by atoms with Gasteiger partial charge >= 0.3 is 5.97 Å². The Balaban J connectivity index is 2.32. The molecule has 2 N–H and O–H groups in total. The number of halogens is 1. The normalized spacial score (nSPS) is 12.1. The van der Waals surface area contributed by atoms with Crippen molar-refractivity contribution in [1.29, 1.82) is 0 Å². The number of hydrogen-bond donors (Lipinski definition) is 2. The molecule has 3 nitrogen and oxygen atoms in total. The molecule has 0 fully saturated rings. The summed E-state index contributed by atoms with van der Waals surface area (Å²) in [6.45, 7) is 2.35. The molecular formula is C11H14ClNO2. The number of carbonyl (C=O) groups is 1. The van der Waals surface area contributed by atoms with Crippen molar-refractivity contribution in [3.05, 3.63) is 29.3 Å². The average molecular weight is 228 g/mol. The van der Waals surface area contributed by atoms with Crippen LogP contribution in [0.3, 0.4) is 0 Å². The maximum atomic E-state index is 10.5. The molecule has 0 aliphatic heterocycles. The van der Waals surface area contributed by atoms with Gasteiger partial charge in [-0.05, 0) is 30.7 Å². The predicted molar refractivity (Wildman–Crippen MR) is 61.4 cm³/mol. The Hall–Kier alpha value is -1.22. The van der Waals surface area contributed by atoms with Crippen molar-refractivity contribution in [3.8, 4) is 0 Å². The predicted octanol–water partition coefficient (Wildman–Crippen LogP) is 2.86. The van der Waals surface area contributed by atoms with Gasteiger partial charge in [-0.25, -0.2) is 0 Å². The molecule has 0 aliphatic carbocycles. The molecule has 0 saturated heterocycles. The largest absolute Gasteiger partial charge is 0.481 e. The molecule has 4 heteroatoms. The van der Waals surface area contributed by atoms with Crippen LogP contribution < -0.4 is 5.32 Å². The van der Waals surface area contributed by atoms with Crippen molar-refractivity contribution in [2.75, 3.05) is 11.9 Å². The fourth-order valence-corrected chi connectivity index (χ4v) is 1.25. The van der Waals surface area contributed by atoms with Gasteiger partial charge in [0.1, 0.15) is 0 Å². The van der Waals surface area contributed by atoms with E-state index >= 15 is 0 Å². The summed E-state index contributed by atoms with van der Waals surface area (Å²) in [7, 11) is 0. The Morgan fingerprint density at radius 3 is 2.60 bits per heavy atom. The standard InChI is InChI=1S/C11H14ClNO2/c1-8(11(14)15)6-7-13-10-4-2-9(12)3-5-10/h2-5,8,13H,6-7H2,1H3,(H,14,15). The van der Waals surface area contributed by atoms with Crippen LogP contribution in [0, 0.1) is 5.92 Å². The number of aliphatic carboxylic acids is 1. The van der Waals surface area contributed by atoms with Crippen molar-refractivity contribution >= 4 is 23.3 Å². The van der Waals surface area contributed by atoms with Crippen LogP contribution in [-0.2, 0) is 4.79 Å². The van der Waals surface area contributed by atoms with Gasteiger partial charge in [-0.3, -0.25) is 4.79 Å². The van der Waals surface area contributed by atoms with Gasteiger partial charge in [0.2, 0.25) is 0 Å². The van der Waals surface area contributed by atoms with Crippen LogP contribution in [0.2, 0.25) is 5.02 Å². The highest BCUT2D eigenvalue weighted by molar-refractivity contribution is 6.30. The summed E-state index contributed by atoms with van der Waals surface area (Å²) in [5, 5.41) is 12.5. The van der Waals surface area contributed by atoms with Crippen molar-refractivity contribution in [3.63, 3.8) is 0 Å². The van der Waals surface area contributed by atoms with Crippen molar-refractivity contribution in [2.24, 2.45) is 5.92 Å². The third-order valence-electron chi connectivity index (χ3n) is 2.17. The molecule has 1 atom stereocenters. The smallest absolute Gasteiger partial charge is 0.306 e. The van der Waals surface area contributed by atoms with E-state index in [1.807, 2.05) is 12.1 Å². The zero-order valence-corrected chi connectivity index (χ0v) is 9.29. The maximum Gasteiger partial charge on any atom is 0.306 e. The molecule has 1 aromatic rings. The van der Waals surface area contributed by atoms with E-state index in [0.29, 0.717) is 18.0 Å². The van der Waals surface area contributed by atoms with Crippen LogP contribution in [0.15, 0.2) is 24.3 Å². The van der Waals surface area contributed by atoms with E-state index in [-0.39, 0.29) is 5.92 Å². The van der Waals surface area contributed by atoms with Crippen LogP contribution in [-0.4, -0.2) is 17.6 Å². The fourth-order valence-electron chi connectivity index (χ4n) is 1.12. The highest BCUT2D eigenvalue weighted by Gasteiger charge is 2.09. The van der Waals surface area contributed by atoms with E-state index < -0.39 is 5.97 Å². The first-order chi connectivity index (χ1) is 7.09. The first-order valence-electron chi connectivity index (χ1n) is 4.82. The van der Waals surface area contributed by atoms with Gasteiger partial charge in [0, 0.05) is 17.3 Å². The number of benzene rings is 1. The molecule has 0 bridgehead atoms. The minimum absolute atomic E-state index is 0.315. The average Bonchev–Trinajstić information content (AvgIpc) is 2.20. The molecule has 82 valence electrons. The van der Waals surface area contributed by atoms with E-state index in [1.54, 1.807) is 19.1 Å². The highest BCUT2D eigenvalue weighted by atomic mass is 35.5. The Morgan fingerprint density at radius 1 is 1.47 bits per heavy atom. The first kappa shape index (κ1) is 11.9. The number of anilines is 1. The quantitative estimate of drug-likeness (QED) is 0.813. The number of hydrogen-bond acceptors (Lipinski definition) is 2. The molecule has 1 aromatic carbocycles. The lowest BCUT2D eigenvalue weighted by Gasteiger charge is -2.08. The second-order valence-electron chi connectivity index (χ2n) is 3.46. The molecule has 0 saturated carbocycles. The zero-order valence-electron chi connectivity index (χ0n) is 8.53. The summed E-state index contributed by atoms with van der Waals surface area (Å²) in [4.78, 5) is 10.5. The van der Waals surface area contributed by atoms with Crippen molar-refractivity contribution in [1.82, 2.24) is 0 Å². The summed E-state index contributed by atoms with van der Waals surface area (Å²) < 4.78 is 0. The minimum atomic E-state index is -0.757. The topological polar surface area (TPSA) is 49.3 Å². The molecule has 0 aromatic heterocycles. The first-order valence-corrected chi connectivity index (χ1v) is 5.19. The molecular weight excluding hydrogens is 214 g/mol. The molecule has 0 spiro atoms. The summed E-state index contributed by atoms with van der Waals surface area (Å²) in [6.07, 6.45) is 0.609. The molecule has 1 rings (SSSR count). The van der Waals surface area contributed by atoms with Gasteiger partial charge in [0.15, 0.2) is 0 Å². The summed E-state index contributed by atoms with van der Waals surface area (Å²) in [6, 6.07) is 7.33. The second kappa shape index (κ2) is 5.61. The fraction of sp³-hybridized carbons (Fsp3) is 0.364. The molecule has 0 radical (unpaired) electrons. The van der Waals surface area contributed by atoms with Gasteiger partial charge < -0.3 is 10.4 Å². The third-order valence-corrected chi connectivity index (χ3v) is 2.42. The number of nitrogens with one attached hydrogen (secondary N) is 1. The third kappa shape index (κ3) is 4.21. The summed E-state index contributed by atoms with van der Waals surface area (Å²) >= 11 is 5.73. The Bertz CT molecular complexity index is 324. The molecule has 1 unspecified atom stereocenters. The maximum absolute atomic E-state index is 10.5. The van der Waals surface area contributed by atoms with Gasteiger partial charge in [0.05, 0.1) is 5.92 Å². The van der Waals surface area contributed by atoms with Crippen LogP contribution >= 0.6 is 11.6 Å². The summed E-state index contributed by atoms with van der Waals surface area (Å²) in [5.41, 5.74) is 0.956. The van der Waals surface area contributed by atoms with Crippen LogP contribution in [0.25, 0.3) is 0 Å². The van der Waals surface area contributed by atoms with Gasteiger partial charge in [-0.15, -0.1) is 0 Å². The van der Waals surface area contributed by atoms with Crippen LogP contribution in [0.1, 0.15) is 13.3 Å². The molecule has 0 amide bonds. The lowest BCUT2D eigenvalue weighted by atomic mass is 10.1. The molecule has 15 heavy (non-hydrogen) atoms. The van der Waals surface area contributed by atoms with E-state index in [2.05, 4.69) is 5.32 Å². The van der Waals surface area contributed by atoms with Crippen molar-refractivity contribution in [2.45, 2.75) is 13.3 Å². The number of rotatable bonds is 5. The molecule has 0 heterocycles. The van der Waals surface area contributed by atoms with Crippen LogP contribution in [0.5, 0.6) is 0 Å². The lowest BCUT2D eigenvalue weighted by Crippen LogP contribution is -2.14.